The van der Waals surface area contributed by atoms with Crippen LogP contribution in [-0.2, 0) is 0 Å². The summed E-state index contributed by atoms with van der Waals surface area (Å²) in [6.07, 6.45) is 9.18. The van der Waals surface area contributed by atoms with Gasteiger partial charge in [-0.25, -0.2) is 4.98 Å². The molecule has 1 amide bonds. The molecule has 4 rings (SSSR count). The van der Waals surface area contributed by atoms with Gasteiger partial charge in [0.05, 0.1) is 17.5 Å². The van der Waals surface area contributed by atoms with Crippen molar-refractivity contribution in [2.45, 2.75) is 0 Å². The molecule has 0 unspecified atom stereocenters. The molecule has 1 aliphatic rings. The number of aromatic amines is 1. The van der Waals surface area contributed by atoms with Crippen molar-refractivity contribution in [1.29, 1.82) is 0 Å². The van der Waals surface area contributed by atoms with E-state index < -0.39 is 0 Å². The Balaban J connectivity index is 1.57. The van der Waals surface area contributed by atoms with Gasteiger partial charge < -0.3 is 9.30 Å². The number of fused-ring (bicyclic) bond motifs is 1. The summed E-state index contributed by atoms with van der Waals surface area (Å²) < 4.78 is 1.98. The normalized spacial score (nSPS) is 14.7. The number of nitrogens with one attached hydrogen (secondary N) is 1. The monoisotopic (exact) mass is 279 g/mol. The van der Waals surface area contributed by atoms with Gasteiger partial charge in [0.1, 0.15) is 5.65 Å². The van der Waals surface area contributed by atoms with Crippen LogP contribution in [0.1, 0.15) is 16.1 Å². The van der Waals surface area contributed by atoms with Gasteiger partial charge >= 0.3 is 0 Å². The number of hydrogen-bond acceptors (Lipinski definition) is 3. The lowest BCUT2D eigenvalue weighted by Crippen LogP contribution is -2.28. The van der Waals surface area contributed by atoms with E-state index in [0.717, 1.165) is 16.9 Å². The molecule has 4 heterocycles. The summed E-state index contributed by atoms with van der Waals surface area (Å²) in [5.74, 6) is -0.0150. The van der Waals surface area contributed by atoms with Crippen molar-refractivity contribution in [3.63, 3.8) is 0 Å². The SMILES string of the molecule is O=C(c1cn[nH]c1)N1CC=C(c2cn3ccccc3n2)C1. The van der Waals surface area contributed by atoms with E-state index in [2.05, 4.69) is 21.3 Å². The molecule has 3 aromatic heterocycles. The maximum Gasteiger partial charge on any atom is 0.257 e. The van der Waals surface area contributed by atoms with E-state index in [-0.39, 0.29) is 5.91 Å². The Morgan fingerprint density at radius 1 is 1.33 bits per heavy atom. The second-order valence-corrected chi connectivity index (χ2v) is 4.99. The van der Waals surface area contributed by atoms with Crippen molar-refractivity contribution in [3.8, 4) is 0 Å². The molecule has 1 N–H and O–H groups in total. The summed E-state index contributed by atoms with van der Waals surface area (Å²) in [6.45, 7) is 1.18. The van der Waals surface area contributed by atoms with E-state index in [0.29, 0.717) is 18.7 Å². The summed E-state index contributed by atoms with van der Waals surface area (Å²) >= 11 is 0. The van der Waals surface area contributed by atoms with Crippen molar-refractivity contribution in [3.05, 3.63) is 60.3 Å². The highest BCUT2D eigenvalue weighted by Gasteiger charge is 2.23. The average Bonchev–Trinajstić information content (AvgIpc) is 3.24. The predicted molar refractivity (Wildman–Crippen MR) is 77.7 cm³/mol. The Hall–Kier alpha value is -2.89. The van der Waals surface area contributed by atoms with Crippen LogP contribution in [0.25, 0.3) is 11.2 Å². The van der Waals surface area contributed by atoms with E-state index in [1.54, 1.807) is 17.3 Å². The standard InChI is InChI=1S/C15H13N5O/c21-15(12-7-16-17-8-12)20-6-4-11(9-20)13-10-19-5-2-1-3-14(19)18-13/h1-5,7-8,10H,6,9H2,(H,16,17). The highest BCUT2D eigenvalue weighted by Crippen LogP contribution is 2.22. The average molecular weight is 279 g/mol. The number of H-pyrrole nitrogens is 1. The Morgan fingerprint density at radius 3 is 3.10 bits per heavy atom. The Bertz CT molecular complexity index is 798. The first-order valence-electron chi connectivity index (χ1n) is 6.72. The van der Waals surface area contributed by atoms with Crippen LogP contribution in [0.2, 0.25) is 0 Å². The third-order valence-electron chi connectivity index (χ3n) is 3.64. The van der Waals surface area contributed by atoms with Gasteiger partial charge in [-0.15, -0.1) is 0 Å². The molecule has 0 fully saturated rings. The van der Waals surface area contributed by atoms with Crippen LogP contribution in [0.3, 0.4) is 0 Å². The number of carbonyl (C=O) groups excluding carboxylic acids is 1. The zero-order chi connectivity index (χ0) is 14.2. The highest BCUT2D eigenvalue weighted by molar-refractivity contribution is 5.95. The summed E-state index contributed by atoms with van der Waals surface area (Å²) in [6, 6.07) is 5.90. The van der Waals surface area contributed by atoms with Crippen LogP contribution in [0.15, 0.2) is 49.1 Å². The van der Waals surface area contributed by atoms with Crippen molar-refractivity contribution in [1.82, 2.24) is 24.5 Å². The minimum Gasteiger partial charge on any atom is -0.330 e. The number of amides is 1. The molecule has 104 valence electrons. The third kappa shape index (κ3) is 2.01. The molecular weight excluding hydrogens is 266 g/mol. The van der Waals surface area contributed by atoms with Crippen molar-refractivity contribution in [2.24, 2.45) is 0 Å². The maximum absolute atomic E-state index is 12.3. The number of imidazole rings is 1. The third-order valence-corrected chi connectivity index (χ3v) is 3.64. The van der Waals surface area contributed by atoms with Crippen LogP contribution in [-0.4, -0.2) is 43.5 Å². The van der Waals surface area contributed by atoms with Gasteiger partial charge in [-0.05, 0) is 17.7 Å². The van der Waals surface area contributed by atoms with Crippen LogP contribution >= 0.6 is 0 Å². The zero-order valence-electron chi connectivity index (χ0n) is 11.2. The van der Waals surface area contributed by atoms with Gasteiger partial charge in [-0.2, -0.15) is 5.10 Å². The molecule has 6 nitrogen and oxygen atoms in total. The summed E-state index contributed by atoms with van der Waals surface area (Å²) in [4.78, 5) is 18.6. The van der Waals surface area contributed by atoms with Crippen molar-refractivity contribution >= 4 is 17.1 Å². The molecule has 0 aromatic carbocycles. The first-order valence-corrected chi connectivity index (χ1v) is 6.72. The van der Waals surface area contributed by atoms with E-state index in [4.69, 9.17) is 0 Å². The lowest BCUT2D eigenvalue weighted by Gasteiger charge is -2.14. The van der Waals surface area contributed by atoms with Crippen molar-refractivity contribution in [2.75, 3.05) is 13.1 Å². The maximum atomic E-state index is 12.3. The Labute approximate surface area is 120 Å². The molecule has 6 heteroatoms. The number of rotatable bonds is 2. The summed E-state index contributed by atoms with van der Waals surface area (Å²) in [5.41, 5.74) is 3.49. The predicted octanol–water partition coefficient (Wildman–Crippen LogP) is 1.60. The van der Waals surface area contributed by atoms with Gasteiger partial charge in [-0.1, -0.05) is 12.1 Å². The topological polar surface area (TPSA) is 66.3 Å². The van der Waals surface area contributed by atoms with Gasteiger partial charge in [0.2, 0.25) is 0 Å². The lowest BCUT2D eigenvalue weighted by molar-refractivity contribution is 0.0801. The van der Waals surface area contributed by atoms with E-state index in [1.807, 2.05) is 35.0 Å². The molecular formula is C15H13N5O. The first kappa shape index (κ1) is 11.9. The number of pyridine rings is 1. The van der Waals surface area contributed by atoms with Crippen LogP contribution in [0, 0.1) is 0 Å². The quantitative estimate of drug-likeness (QED) is 0.774. The fourth-order valence-corrected chi connectivity index (χ4v) is 2.54. The number of carbonyl (C=O) groups is 1. The largest absolute Gasteiger partial charge is 0.330 e. The molecule has 0 atom stereocenters. The molecule has 0 aliphatic carbocycles. The summed E-state index contributed by atoms with van der Waals surface area (Å²) in [7, 11) is 0. The van der Waals surface area contributed by atoms with E-state index in [9.17, 15) is 4.79 Å². The Morgan fingerprint density at radius 2 is 2.29 bits per heavy atom. The molecule has 0 radical (unpaired) electrons. The highest BCUT2D eigenvalue weighted by atomic mass is 16.2. The lowest BCUT2D eigenvalue weighted by atomic mass is 10.2. The molecule has 0 saturated carbocycles. The minimum absolute atomic E-state index is 0.0150. The molecule has 0 bridgehead atoms. The zero-order valence-corrected chi connectivity index (χ0v) is 11.2. The van der Waals surface area contributed by atoms with Gasteiger partial charge in [0.15, 0.2) is 0 Å². The van der Waals surface area contributed by atoms with Gasteiger partial charge in [0, 0.05) is 31.7 Å². The minimum atomic E-state index is -0.0150. The number of aromatic nitrogens is 4. The second-order valence-electron chi connectivity index (χ2n) is 4.99. The fourth-order valence-electron chi connectivity index (χ4n) is 2.54. The summed E-state index contributed by atoms with van der Waals surface area (Å²) in [5, 5.41) is 6.48. The molecule has 0 saturated heterocycles. The fraction of sp³-hybridized carbons (Fsp3) is 0.133. The van der Waals surface area contributed by atoms with E-state index in [1.165, 1.54) is 0 Å². The molecule has 3 aromatic rings. The smallest absolute Gasteiger partial charge is 0.257 e. The van der Waals surface area contributed by atoms with Gasteiger partial charge in [0.25, 0.3) is 5.91 Å². The van der Waals surface area contributed by atoms with E-state index >= 15 is 0 Å². The number of hydrogen-bond donors (Lipinski definition) is 1. The van der Waals surface area contributed by atoms with Crippen LogP contribution < -0.4 is 0 Å². The van der Waals surface area contributed by atoms with Gasteiger partial charge in [-0.3, -0.25) is 9.89 Å². The van der Waals surface area contributed by atoms with Crippen LogP contribution in [0.5, 0.6) is 0 Å². The number of nitrogens with zero attached hydrogens (tertiary/aromatic N) is 4. The Kier molecular flexibility index (Phi) is 2.60. The first-order chi connectivity index (χ1) is 10.3. The molecule has 21 heavy (non-hydrogen) atoms. The second kappa shape index (κ2) is 4.59. The van der Waals surface area contributed by atoms with Crippen molar-refractivity contribution < 1.29 is 4.79 Å². The van der Waals surface area contributed by atoms with Crippen LogP contribution in [0.4, 0.5) is 0 Å². The molecule has 0 spiro atoms. The molecule has 1 aliphatic heterocycles.